The molecule has 0 aliphatic carbocycles. The van der Waals surface area contributed by atoms with Gasteiger partial charge in [-0.15, -0.1) is 0 Å². The maximum atomic E-state index is 6.10. The highest BCUT2D eigenvalue weighted by Crippen LogP contribution is 2.15. The van der Waals surface area contributed by atoms with Crippen LogP contribution in [-0.2, 0) is 13.1 Å². The third kappa shape index (κ3) is 3.82. The number of rotatable bonds is 6. The molecule has 18 heavy (non-hydrogen) atoms. The van der Waals surface area contributed by atoms with E-state index in [2.05, 4.69) is 22.0 Å². The lowest BCUT2D eigenvalue weighted by Gasteiger charge is -2.17. The molecule has 0 N–H and O–H groups in total. The Labute approximate surface area is 112 Å². The molecular formula is C13H17ClN4. The highest BCUT2D eigenvalue weighted by atomic mass is 35.5. The first-order chi connectivity index (χ1) is 8.75. The van der Waals surface area contributed by atoms with Gasteiger partial charge >= 0.3 is 0 Å². The lowest BCUT2D eigenvalue weighted by Crippen LogP contribution is -2.20. The SMILES string of the molecule is CN(CCCn1cccn1)Cc1cnccc1Cl. The van der Waals surface area contributed by atoms with Crippen LogP contribution in [-0.4, -0.2) is 33.3 Å². The van der Waals surface area contributed by atoms with Crippen LogP contribution in [0.5, 0.6) is 0 Å². The summed E-state index contributed by atoms with van der Waals surface area (Å²) >= 11 is 6.10. The monoisotopic (exact) mass is 264 g/mol. The van der Waals surface area contributed by atoms with Gasteiger partial charge in [-0.3, -0.25) is 9.67 Å². The normalized spacial score (nSPS) is 11.1. The van der Waals surface area contributed by atoms with Crippen molar-refractivity contribution >= 4 is 11.6 Å². The molecule has 0 atom stereocenters. The first-order valence-electron chi connectivity index (χ1n) is 6.00. The number of hydrogen-bond acceptors (Lipinski definition) is 3. The maximum Gasteiger partial charge on any atom is 0.0489 e. The van der Waals surface area contributed by atoms with Gasteiger partial charge in [0.1, 0.15) is 0 Å². The summed E-state index contributed by atoms with van der Waals surface area (Å²) in [5.74, 6) is 0. The molecular weight excluding hydrogens is 248 g/mol. The number of aromatic nitrogens is 3. The van der Waals surface area contributed by atoms with E-state index in [1.54, 1.807) is 12.4 Å². The van der Waals surface area contributed by atoms with Crippen LogP contribution in [0, 0.1) is 0 Å². The van der Waals surface area contributed by atoms with Crippen LogP contribution >= 0.6 is 11.6 Å². The second-order valence-corrected chi connectivity index (χ2v) is 4.73. The van der Waals surface area contributed by atoms with E-state index in [1.807, 2.05) is 29.2 Å². The Morgan fingerprint density at radius 2 is 2.28 bits per heavy atom. The number of aryl methyl sites for hydroxylation is 1. The first kappa shape index (κ1) is 13.1. The van der Waals surface area contributed by atoms with Crippen LogP contribution in [0.4, 0.5) is 0 Å². The standard InChI is InChI=1S/C13H17ClN4/c1-17(7-3-9-18-8-2-5-16-18)11-12-10-15-6-4-13(12)14/h2,4-6,8,10H,3,7,9,11H2,1H3. The summed E-state index contributed by atoms with van der Waals surface area (Å²) < 4.78 is 1.95. The van der Waals surface area contributed by atoms with Gasteiger partial charge in [0.2, 0.25) is 0 Å². The molecule has 0 radical (unpaired) electrons. The summed E-state index contributed by atoms with van der Waals surface area (Å²) in [5, 5.41) is 4.96. The number of hydrogen-bond donors (Lipinski definition) is 0. The van der Waals surface area contributed by atoms with Crippen LogP contribution in [0.15, 0.2) is 36.9 Å². The van der Waals surface area contributed by atoms with Crippen molar-refractivity contribution < 1.29 is 0 Å². The molecule has 0 aromatic carbocycles. The largest absolute Gasteiger partial charge is 0.302 e. The lowest BCUT2D eigenvalue weighted by molar-refractivity contribution is 0.311. The van der Waals surface area contributed by atoms with E-state index in [0.29, 0.717) is 0 Å². The van der Waals surface area contributed by atoms with E-state index < -0.39 is 0 Å². The van der Waals surface area contributed by atoms with Gasteiger partial charge in [0.15, 0.2) is 0 Å². The Morgan fingerprint density at radius 1 is 1.39 bits per heavy atom. The number of halogens is 1. The van der Waals surface area contributed by atoms with Gasteiger partial charge in [0, 0.05) is 48.5 Å². The van der Waals surface area contributed by atoms with Crippen molar-refractivity contribution in [2.24, 2.45) is 0 Å². The fourth-order valence-electron chi connectivity index (χ4n) is 1.83. The zero-order valence-electron chi connectivity index (χ0n) is 10.5. The van der Waals surface area contributed by atoms with Crippen molar-refractivity contribution in [3.8, 4) is 0 Å². The molecule has 0 fully saturated rings. The van der Waals surface area contributed by atoms with Gasteiger partial charge in [0.05, 0.1) is 0 Å². The maximum absolute atomic E-state index is 6.10. The molecule has 0 saturated heterocycles. The molecule has 5 heteroatoms. The van der Waals surface area contributed by atoms with Crippen LogP contribution in [0.3, 0.4) is 0 Å². The summed E-state index contributed by atoms with van der Waals surface area (Å²) in [5.41, 5.74) is 1.07. The number of pyridine rings is 1. The Hall–Kier alpha value is -1.39. The number of nitrogens with zero attached hydrogens (tertiary/aromatic N) is 4. The van der Waals surface area contributed by atoms with E-state index in [9.17, 15) is 0 Å². The molecule has 2 heterocycles. The van der Waals surface area contributed by atoms with Gasteiger partial charge < -0.3 is 4.90 Å². The molecule has 0 spiro atoms. The average Bonchev–Trinajstić information content (AvgIpc) is 2.85. The van der Waals surface area contributed by atoms with E-state index >= 15 is 0 Å². The fourth-order valence-corrected chi connectivity index (χ4v) is 2.00. The zero-order valence-corrected chi connectivity index (χ0v) is 11.2. The predicted molar refractivity (Wildman–Crippen MR) is 72.4 cm³/mol. The second-order valence-electron chi connectivity index (χ2n) is 4.33. The highest BCUT2D eigenvalue weighted by molar-refractivity contribution is 6.31. The Balaban J connectivity index is 1.75. The summed E-state index contributed by atoms with van der Waals surface area (Å²) in [6.07, 6.45) is 8.39. The Bertz CT molecular complexity index is 470. The zero-order chi connectivity index (χ0) is 12.8. The van der Waals surface area contributed by atoms with Crippen molar-refractivity contribution in [2.75, 3.05) is 13.6 Å². The van der Waals surface area contributed by atoms with Crippen LogP contribution < -0.4 is 0 Å². The van der Waals surface area contributed by atoms with Crippen molar-refractivity contribution in [1.82, 2.24) is 19.7 Å². The molecule has 2 aromatic heterocycles. The molecule has 2 aromatic rings. The van der Waals surface area contributed by atoms with E-state index in [0.717, 1.165) is 36.6 Å². The highest BCUT2D eigenvalue weighted by Gasteiger charge is 2.04. The smallest absolute Gasteiger partial charge is 0.0489 e. The average molecular weight is 265 g/mol. The van der Waals surface area contributed by atoms with Crippen molar-refractivity contribution in [3.05, 3.63) is 47.5 Å². The van der Waals surface area contributed by atoms with E-state index in [-0.39, 0.29) is 0 Å². The van der Waals surface area contributed by atoms with Gasteiger partial charge in [-0.05, 0) is 32.1 Å². The van der Waals surface area contributed by atoms with Crippen molar-refractivity contribution in [2.45, 2.75) is 19.5 Å². The quantitative estimate of drug-likeness (QED) is 0.804. The third-order valence-electron chi connectivity index (χ3n) is 2.77. The summed E-state index contributed by atoms with van der Waals surface area (Å²) in [4.78, 5) is 6.34. The van der Waals surface area contributed by atoms with E-state index in [1.165, 1.54) is 0 Å². The molecule has 0 aliphatic heterocycles. The van der Waals surface area contributed by atoms with Crippen molar-refractivity contribution in [3.63, 3.8) is 0 Å². The topological polar surface area (TPSA) is 34.0 Å². The van der Waals surface area contributed by atoms with Gasteiger partial charge in [0.25, 0.3) is 0 Å². The second kappa shape index (κ2) is 6.52. The molecule has 2 rings (SSSR count). The minimum absolute atomic E-state index is 0.781. The molecule has 0 unspecified atom stereocenters. The Morgan fingerprint density at radius 3 is 3.00 bits per heavy atom. The molecule has 4 nitrogen and oxygen atoms in total. The summed E-state index contributed by atoms with van der Waals surface area (Å²) in [6.45, 7) is 2.77. The van der Waals surface area contributed by atoms with Crippen LogP contribution in [0.1, 0.15) is 12.0 Å². The third-order valence-corrected chi connectivity index (χ3v) is 3.14. The predicted octanol–water partition coefficient (Wildman–Crippen LogP) is 2.45. The lowest BCUT2D eigenvalue weighted by atomic mass is 10.2. The summed E-state index contributed by atoms with van der Waals surface area (Å²) in [6, 6.07) is 3.77. The molecule has 0 saturated carbocycles. The van der Waals surface area contributed by atoms with Crippen molar-refractivity contribution in [1.29, 1.82) is 0 Å². The fraction of sp³-hybridized carbons (Fsp3) is 0.385. The minimum atomic E-state index is 0.781. The molecule has 0 aliphatic rings. The van der Waals surface area contributed by atoms with Gasteiger partial charge in [-0.25, -0.2) is 0 Å². The minimum Gasteiger partial charge on any atom is -0.302 e. The van der Waals surface area contributed by atoms with Gasteiger partial charge in [-0.2, -0.15) is 5.10 Å². The van der Waals surface area contributed by atoms with Crippen LogP contribution in [0.25, 0.3) is 0 Å². The molecule has 0 amide bonds. The Kier molecular flexibility index (Phi) is 4.73. The molecule has 96 valence electrons. The first-order valence-corrected chi connectivity index (χ1v) is 6.38. The molecule has 0 bridgehead atoms. The van der Waals surface area contributed by atoms with Crippen LogP contribution in [0.2, 0.25) is 5.02 Å². The summed E-state index contributed by atoms with van der Waals surface area (Å²) in [7, 11) is 2.09. The van der Waals surface area contributed by atoms with E-state index in [4.69, 9.17) is 11.6 Å². The van der Waals surface area contributed by atoms with Gasteiger partial charge in [-0.1, -0.05) is 11.6 Å².